The molecular weight excluding hydrogens is 343 g/mol. The molecule has 1 N–H and O–H groups in total. The number of carbonyl (C=O) groups excluding carboxylic acids is 1. The summed E-state index contributed by atoms with van der Waals surface area (Å²) in [6, 6.07) is 12.5. The number of fused-ring (bicyclic) bond motifs is 1. The van der Waals surface area contributed by atoms with Gasteiger partial charge in [0.1, 0.15) is 11.6 Å². The van der Waals surface area contributed by atoms with E-state index in [2.05, 4.69) is 20.2 Å². The van der Waals surface area contributed by atoms with E-state index >= 15 is 0 Å². The van der Waals surface area contributed by atoms with Gasteiger partial charge in [0.25, 0.3) is 0 Å². The molecule has 1 aromatic heterocycles. The lowest BCUT2D eigenvalue weighted by molar-refractivity contribution is -0.120. The van der Waals surface area contributed by atoms with Gasteiger partial charge in [-0.15, -0.1) is 0 Å². The molecule has 3 aromatic rings. The second-order valence-electron chi connectivity index (χ2n) is 6.96. The SMILES string of the molecule is Cc1ccc(NC(=O)C2CCCN(c3cnc4ccccc4n3)C2)cc1F. The molecular formula is C21H21FN4O. The van der Waals surface area contributed by atoms with Gasteiger partial charge in [0, 0.05) is 18.8 Å². The number of rotatable bonds is 3. The summed E-state index contributed by atoms with van der Waals surface area (Å²) in [5.41, 5.74) is 2.75. The van der Waals surface area contributed by atoms with Crippen molar-refractivity contribution < 1.29 is 9.18 Å². The van der Waals surface area contributed by atoms with Crippen molar-refractivity contribution in [1.29, 1.82) is 0 Å². The van der Waals surface area contributed by atoms with Crippen LogP contribution in [-0.2, 0) is 4.79 Å². The highest BCUT2D eigenvalue weighted by Gasteiger charge is 2.27. The molecule has 6 heteroatoms. The molecule has 1 saturated heterocycles. The van der Waals surface area contributed by atoms with Gasteiger partial charge in [0.2, 0.25) is 5.91 Å². The van der Waals surface area contributed by atoms with Crippen LogP contribution in [0.15, 0.2) is 48.7 Å². The summed E-state index contributed by atoms with van der Waals surface area (Å²) in [5, 5.41) is 2.84. The van der Waals surface area contributed by atoms with E-state index in [1.807, 2.05) is 24.3 Å². The molecule has 0 spiro atoms. The molecule has 0 saturated carbocycles. The summed E-state index contributed by atoms with van der Waals surface area (Å²) < 4.78 is 13.7. The molecule has 1 aliphatic rings. The first-order chi connectivity index (χ1) is 13.1. The first kappa shape index (κ1) is 17.4. The second-order valence-corrected chi connectivity index (χ2v) is 6.96. The van der Waals surface area contributed by atoms with E-state index in [1.165, 1.54) is 6.07 Å². The Bertz CT molecular complexity index is 991. The lowest BCUT2D eigenvalue weighted by atomic mass is 9.97. The molecule has 138 valence electrons. The molecule has 2 aromatic carbocycles. The molecule has 0 radical (unpaired) electrons. The van der Waals surface area contributed by atoms with E-state index in [9.17, 15) is 9.18 Å². The number of carbonyl (C=O) groups is 1. The minimum atomic E-state index is -0.315. The van der Waals surface area contributed by atoms with Crippen molar-refractivity contribution in [2.75, 3.05) is 23.3 Å². The summed E-state index contributed by atoms with van der Waals surface area (Å²) in [6.45, 7) is 3.12. The quantitative estimate of drug-likeness (QED) is 0.765. The average molecular weight is 364 g/mol. The summed E-state index contributed by atoms with van der Waals surface area (Å²) in [7, 11) is 0. The minimum Gasteiger partial charge on any atom is -0.355 e. The maximum atomic E-state index is 13.7. The third-order valence-electron chi connectivity index (χ3n) is 4.99. The van der Waals surface area contributed by atoms with Gasteiger partial charge in [0.15, 0.2) is 0 Å². The first-order valence-corrected chi connectivity index (χ1v) is 9.14. The van der Waals surface area contributed by atoms with E-state index in [1.54, 1.807) is 25.3 Å². The van der Waals surface area contributed by atoms with Crippen LogP contribution in [0.5, 0.6) is 0 Å². The van der Waals surface area contributed by atoms with Crippen LogP contribution in [0.1, 0.15) is 18.4 Å². The normalized spacial score (nSPS) is 17.1. The Hall–Kier alpha value is -3.02. The number of hydrogen-bond donors (Lipinski definition) is 1. The van der Waals surface area contributed by atoms with Crippen LogP contribution in [0, 0.1) is 18.7 Å². The number of nitrogens with zero attached hydrogens (tertiary/aromatic N) is 3. The number of halogens is 1. The van der Waals surface area contributed by atoms with Crippen molar-refractivity contribution in [2.45, 2.75) is 19.8 Å². The van der Waals surface area contributed by atoms with E-state index in [0.29, 0.717) is 17.8 Å². The lowest BCUT2D eigenvalue weighted by Crippen LogP contribution is -2.41. The van der Waals surface area contributed by atoms with Crippen LogP contribution in [0.4, 0.5) is 15.9 Å². The Balaban J connectivity index is 1.48. The van der Waals surface area contributed by atoms with E-state index < -0.39 is 0 Å². The molecule has 1 atom stereocenters. The zero-order valence-electron chi connectivity index (χ0n) is 15.2. The molecule has 1 aliphatic heterocycles. The number of aromatic nitrogens is 2. The van der Waals surface area contributed by atoms with Gasteiger partial charge < -0.3 is 10.2 Å². The second kappa shape index (κ2) is 7.31. The van der Waals surface area contributed by atoms with Gasteiger partial charge in [-0.1, -0.05) is 18.2 Å². The predicted octanol–water partition coefficient (Wildman–Crippen LogP) is 3.93. The number of nitrogens with one attached hydrogen (secondary N) is 1. The van der Waals surface area contributed by atoms with Gasteiger partial charge in [-0.05, 0) is 49.6 Å². The average Bonchev–Trinajstić information content (AvgIpc) is 2.70. The number of hydrogen-bond acceptors (Lipinski definition) is 4. The molecule has 5 nitrogen and oxygen atoms in total. The summed E-state index contributed by atoms with van der Waals surface area (Å²) >= 11 is 0. The fourth-order valence-corrected chi connectivity index (χ4v) is 3.41. The van der Waals surface area contributed by atoms with Crippen LogP contribution in [-0.4, -0.2) is 29.0 Å². The molecule has 2 heterocycles. The number of anilines is 2. The van der Waals surface area contributed by atoms with Gasteiger partial charge in [-0.2, -0.15) is 0 Å². The first-order valence-electron chi connectivity index (χ1n) is 9.14. The maximum Gasteiger partial charge on any atom is 0.229 e. The third kappa shape index (κ3) is 3.74. The van der Waals surface area contributed by atoms with Crippen molar-refractivity contribution in [3.05, 3.63) is 60.0 Å². The van der Waals surface area contributed by atoms with Gasteiger partial charge >= 0.3 is 0 Å². The third-order valence-corrected chi connectivity index (χ3v) is 4.99. The van der Waals surface area contributed by atoms with Crippen LogP contribution >= 0.6 is 0 Å². The largest absolute Gasteiger partial charge is 0.355 e. The molecule has 1 fully saturated rings. The molecule has 0 bridgehead atoms. The van der Waals surface area contributed by atoms with Crippen molar-refractivity contribution in [3.63, 3.8) is 0 Å². The fraction of sp³-hybridized carbons (Fsp3) is 0.286. The molecule has 0 aliphatic carbocycles. The van der Waals surface area contributed by atoms with Crippen LogP contribution in [0.25, 0.3) is 11.0 Å². The van der Waals surface area contributed by atoms with Gasteiger partial charge in [0.05, 0.1) is 23.1 Å². The lowest BCUT2D eigenvalue weighted by Gasteiger charge is -2.32. The van der Waals surface area contributed by atoms with Crippen molar-refractivity contribution in [2.24, 2.45) is 5.92 Å². The van der Waals surface area contributed by atoms with Crippen LogP contribution in [0.3, 0.4) is 0 Å². The van der Waals surface area contributed by atoms with Gasteiger partial charge in [-0.25, -0.2) is 9.37 Å². The Morgan fingerprint density at radius 3 is 2.85 bits per heavy atom. The van der Waals surface area contributed by atoms with Crippen molar-refractivity contribution in [3.8, 4) is 0 Å². The summed E-state index contributed by atoms with van der Waals surface area (Å²) in [4.78, 5) is 23.9. The summed E-state index contributed by atoms with van der Waals surface area (Å²) in [6.07, 6.45) is 3.46. The fourth-order valence-electron chi connectivity index (χ4n) is 3.41. The monoisotopic (exact) mass is 364 g/mol. The standard InChI is InChI=1S/C21H21FN4O/c1-14-8-9-16(11-17(14)22)24-21(27)15-5-4-10-26(13-15)20-12-23-18-6-2-3-7-19(18)25-20/h2-3,6-9,11-12,15H,4-5,10,13H2,1H3,(H,24,27). The van der Waals surface area contributed by atoms with Gasteiger partial charge in [-0.3, -0.25) is 9.78 Å². The Morgan fingerprint density at radius 1 is 1.22 bits per heavy atom. The van der Waals surface area contributed by atoms with Crippen molar-refractivity contribution in [1.82, 2.24) is 9.97 Å². The highest BCUT2D eigenvalue weighted by molar-refractivity contribution is 5.93. The van der Waals surface area contributed by atoms with Crippen LogP contribution < -0.4 is 10.2 Å². The predicted molar refractivity (Wildman–Crippen MR) is 104 cm³/mol. The number of aryl methyl sites for hydroxylation is 1. The van der Waals surface area contributed by atoms with Crippen molar-refractivity contribution >= 4 is 28.4 Å². The maximum absolute atomic E-state index is 13.7. The zero-order chi connectivity index (χ0) is 18.8. The topological polar surface area (TPSA) is 58.1 Å². The minimum absolute atomic E-state index is 0.0864. The number of amides is 1. The van der Waals surface area contributed by atoms with E-state index in [4.69, 9.17) is 0 Å². The van der Waals surface area contributed by atoms with E-state index in [0.717, 1.165) is 36.2 Å². The Morgan fingerprint density at radius 2 is 2.04 bits per heavy atom. The number of piperidine rings is 1. The molecule has 1 unspecified atom stereocenters. The smallest absolute Gasteiger partial charge is 0.229 e. The number of benzene rings is 2. The van der Waals surface area contributed by atoms with Crippen LogP contribution in [0.2, 0.25) is 0 Å². The highest BCUT2D eigenvalue weighted by atomic mass is 19.1. The highest BCUT2D eigenvalue weighted by Crippen LogP contribution is 2.24. The summed E-state index contributed by atoms with van der Waals surface area (Å²) in [5.74, 6) is 0.213. The molecule has 27 heavy (non-hydrogen) atoms. The Labute approximate surface area is 157 Å². The number of para-hydroxylation sites is 2. The van der Waals surface area contributed by atoms with E-state index in [-0.39, 0.29) is 17.6 Å². The zero-order valence-corrected chi connectivity index (χ0v) is 15.2. The molecule has 1 amide bonds. The molecule has 4 rings (SSSR count). The Kier molecular flexibility index (Phi) is 4.71.